The molecule has 2 fully saturated rings. The lowest BCUT2D eigenvalue weighted by atomic mass is 9.98. The van der Waals surface area contributed by atoms with Crippen molar-refractivity contribution >= 4 is 23.7 Å². The van der Waals surface area contributed by atoms with E-state index in [0.717, 1.165) is 42.9 Å². The Kier molecular flexibility index (Phi) is 5.14. The first-order valence-corrected chi connectivity index (χ1v) is 10.7. The van der Waals surface area contributed by atoms with Crippen LogP contribution in [0.25, 0.3) is 0 Å². The minimum absolute atomic E-state index is 0.169. The fourth-order valence-electron chi connectivity index (χ4n) is 4.52. The minimum atomic E-state index is -0.596. The van der Waals surface area contributed by atoms with E-state index in [1.165, 1.54) is 0 Å². The molecule has 2 aromatic rings. The molecule has 5 rings (SSSR count). The lowest BCUT2D eigenvalue weighted by Crippen LogP contribution is -2.52. The third kappa shape index (κ3) is 3.90. The van der Waals surface area contributed by atoms with Crippen molar-refractivity contribution < 1.29 is 14.4 Å². The van der Waals surface area contributed by atoms with E-state index in [9.17, 15) is 14.4 Å². The number of anilines is 1. The third-order valence-corrected chi connectivity index (χ3v) is 6.27. The number of nitrogens with zero attached hydrogens (tertiary/aromatic N) is 3. The number of hydrogen-bond donors (Lipinski definition) is 4. The van der Waals surface area contributed by atoms with Gasteiger partial charge in [0.15, 0.2) is 0 Å². The van der Waals surface area contributed by atoms with Gasteiger partial charge in [-0.25, -0.2) is 0 Å². The Labute approximate surface area is 179 Å². The van der Waals surface area contributed by atoms with E-state index in [4.69, 9.17) is 0 Å². The summed E-state index contributed by atoms with van der Waals surface area (Å²) in [5.41, 5.74) is 2.43. The Balaban J connectivity index is 1.23. The van der Waals surface area contributed by atoms with E-state index in [0.29, 0.717) is 36.9 Å². The highest BCUT2D eigenvalue weighted by molar-refractivity contribution is 6.05. The van der Waals surface area contributed by atoms with Gasteiger partial charge in [-0.2, -0.15) is 4.98 Å². The van der Waals surface area contributed by atoms with Crippen molar-refractivity contribution in [2.75, 3.05) is 18.4 Å². The zero-order chi connectivity index (χ0) is 21.4. The number of carbonyl (C=O) groups is 3. The lowest BCUT2D eigenvalue weighted by Gasteiger charge is -2.29. The molecule has 4 heterocycles. The molecule has 0 saturated carbocycles. The maximum atomic E-state index is 12.9. The molecule has 1 aromatic carbocycles. The fourth-order valence-corrected chi connectivity index (χ4v) is 4.52. The van der Waals surface area contributed by atoms with Crippen molar-refractivity contribution in [3.05, 3.63) is 40.7 Å². The van der Waals surface area contributed by atoms with Gasteiger partial charge in [0.2, 0.25) is 17.8 Å². The molecule has 1 aromatic heterocycles. The van der Waals surface area contributed by atoms with Crippen LogP contribution < -0.4 is 16.0 Å². The Hall–Kier alpha value is -3.27. The van der Waals surface area contributed by atoms with Crippen LogP contribution in [0.1, 0.15) is 58.9 Å². The second-order valence-corrected chi connectivity index (χ2v) is 8.31. The standard InChI is InChI=1S/C21H25N7O3/c29-17-4-3-16(19(30)24-17)28-11-14-2-1-12(9-15(14)20(28)31)10-23-21-25-18(26-27-21)13-5-7-22-8-6-13/h1-2,9,13,16,22H,3-8,10-11H2,(H,24,29,30)(H2,23,25,26,27). The van der Waals surface area contributed by atoms with Crippen LogP contribution in [0.2, 0.25) is 0 Å². The molecule has 10 heteroatoms. The fraction of sp³-hybridized carbons (Fsp3) is 0.476. The molecule has 1 unspecified atom stereocenters. The highest BCUT2D eigenvalue weighted by Crippen LogP contribution is 2.28. The van der Waals surface area contributed by atoms with Crippen LogP contribution in [0, 0.1) is 0 Å². The van der Waals surface area contributed by atoms with E-state index < -0.39 is 11.9 Å². The zero-order valence-corrected chi connectivity index (χ0v) is 17.1. The van der Waals surface area contributed by atoms with Crippen molar-refractivity contribution in [3.8, 4) is 0 Å². The van der Waals surface area contributed by atoms with Gasteiger partial charge in [0.1, 0.15) is 11.9 Å². The van der Waals surface area contributed by atoms with Gasteiger partial charge in [-0.05, 0) is 49.5 Å². The summed E-state index contributed by atoms with van der Waals surface area (Å²) >= 11 is 0. The molecule has 10 nitrogen and oxygen atoms in total. The third-order valence-electron chi connectivity index (χ3n) is 6.27. The molecule has 0 bridgehead atoms. The first-order valence-electron chi connectivity index (χ1n) is 10.7. The number of rotatable bonds is 5. The van der Waals surface area contributed by atoms with Crippen LogP contribution in [-0.4, -0.2) is 56.9 Å². The molecule has 3 aliphatic heterocycles. The molecule has 0 aliphatic carbocycles. The summed E-state index contributed by atoms with van der Waals surface area (Å²) in [7, 11) is 0. The zero-order valence-electron chi connectivity index (χ0n) is 17.1. The number of benzene rings is 1. The average Bonchev–Trinajstić information content (AvgIpc) is 3.38. The van der Waals surface area contributed by atoms with Gasteiger partial charge >= 0.3 is 0 Å². The first-order chi connectivity index (χ1) is 15.1. The van der Waals surface area contributed by atoms with E-state index in [2.05, 4.69) is 31.1 Å². The van der Waals surface area contributed by atoms with Crippen LogP contribution in [0.15, 0.2) is 18.2 Å². The molecule has 1 atom stereocenters. The molecular formula is C21H25N7O3. The molecule has 0 radical (unpaired) electrons. The van der Waals surface area contributed by atoms with E-state index in [1.807, 2.05) is 18.2 Å². The number of hydrogen-bond acceptors (Lipinski definition) is 7. The van der Waals surface area contributed by atoms with Gasteiger partial charge in [-0.1, -0.05) is 12.1 Å². The van der Waals surface area contributed by atoms with Crippen LogP contribution in [-0.2, 0) is 22.7 Å². The number of nitrogens with one attached hydrogen (secondary N) is 4. The van der Waals surface area contributed by atoms with Crippen molar-refractivity contribution in [2.24, 2.45) is 0 Å². The summed E-state index contributed by atoms with van der Waals surface area (Å²) in [6, 6.07) is 5.15. The van der Waals surface area contributed by atoms with Gasteiger partial charge in [0, 0.05) is 31.0 Å². The summed E-state index contributed by atoms with van der Waals surface area (Å²) in [6.07, 6.45) is 2.71. The van der Waals surface area contributed by atoms with E-state index >= 15 is 0 Å². The summed E-state index contributed by atoms with van der Waals surface area (Å²) in [6.45, 7) is 2.86. The molecule has 3 aliphatic rings. The maximum absolute atomic E-state index is 12.9. The number of amides is 3. The highest BCUT2D eigenvalue weighted by Gasteiger charge is 2.39. The van der Waals surface area contributed by atoms with Crippen LogP contribution in [0.3, 0.4) is 0 Å². The normalized spacial score (nSPS) is 21.9. The molecule has 3 amide bonds. The number of fused-ring (bicyclic) bond motifs is 1. The maximum Gasteiger partial charge on any atom is 0.255 e. The SMILES string of the molecule is O=C1CCC(N2Cc3ccc(CNc4n[nH]c(C5CCNCC5)n4)cc3C2=O)C(=O)N1. The van der Waals surface area contributed by atoms with Crippen molar-refractivity contribution in [1.82, 2.24) is 30.7 Å². The van der Waals surface area contributed by atoms with Crippen LogP contribution >= 0.6 is 0 Å². The minimum Gasteiger partial charge on any atom is -0.349 e. The highest BCUT2D eigenvalue weighted by atomic mass is 16.2. The quantitative estimate of drug-likeness (QED) is 0.519. The molecular weight excluding hydrogens is 398 g/mol. The van der Waals surface area contributed by atoms with E-state index in [-0.39, 0.29) is 18.2 Å². The summed E-state index contributed by atoms with van der Waals surface area (Å²) in [5.74, 6) is 1.01. The first kappa shape index (κ1) is 19.7. The van der Waals surface area contributed by atoms with Gasteiger partial charge in [-0.3, -0.25) is 24.8 Å². The van der Waals surface area contributed by atoms with Crippen LogP contribution in [0.4, 0.5) is 5.95 Å². The molecule has 2 saturated heterocycles. The molecule has 4 N–H and O–H groups in total. The second kappa shape index (κ2) is 8.10. The summed E-state index contributed by atoms with van der Waals surface area (Å²) in [5, 5.41) is 16.2. The largest absolute Gasteiger partial charge is 0.349 e. The summed E-state index contributed by atoms with van der Waals surface area (Å²) in [4.78, 5) is 42.6. The predicted molar refractivity (Wildman–Crippen MR) is 111 cm³/mol. The topological polar surface area (TPSA) is 132 Å². The summed E-state index contributed by atoms with van der Waals surface area (Å²) < 4.78 is 0. The van der Waals surface area contributed by atoms with Gasteiger partial charge in [-0.15, -0.1) is 5.10 Å². The molecule has 162 valence electrons. The number of imide groups is 1. The molecule has 31 heavy (non-hydrogen) atoms. The Morgan fingerprint density at radius 1 is 1.13 bits per heavy atom. The van der Waals surface area contributed by atoms with Gasteiger partial charge < -0.3 is 15.5 Å². The number of carbonyl (C=O) groups excluding carboxylic acids is 3. The average molecular weight is 423 g/mol. The Morgan fingerprint density at radius 2 is 1.97 bits per heavy atom. The number of aromatic amines is 1. The van der Waals surface area contributed by atoms with Crippen molar-refractivity contribution in [3.63, 3.8) is 0 Å². The van der Waals surface area contributed by atoms with Crippen molar-refractivity contribution in [2.45, 2.75) is 50.7 Å². The predicted octanol–water partition coefficient (Wildman–Crippen LogP) is 0.645. The van der Waals surface area contributed by atoms with Gasteiger partial charge in [0.05, 0.1) is 0 Å². The van der Waals surface area contributed by atoms with Crippen LogP contribution in [0.5, 0.6) is 0 Å². The Morgan fingerprint density at radius 3 is 2.77 bits per heavy atom. The lowest BCUT2D eigenvalue weighted by molar-refractivity contribution is -0.136. The Bertz CT molecular complexity index is 1030. The van der Waals surface area contributed by atoms with Gasteiger partial charge in [0.25, 0.3) is 5.91 Å². The number of H-pyrrole nitrogens is 1. The smallest absolute Gasteiger partial charge is 0.255 e. The van der Waals surface area contributed by atoms with E-state index in [1.54, 1.807) is 4.90 Å². The van der Waals surface area contributed by atoms with Crippen molar-refractivity contribution in [1.29, 1.82) is 0 Å². The number of aromatic nitrogens is 3. The second-order valence-electron chi connectivity index (χ2n) is 8.31. The monoisotopic (exact) mass is 423 g/mol. The molecule has 0 spiro atoms. The number of piperidine rings is 2.